The number of aryl methyl sites for hydroxylation is 2. The van der Waals surface area contributed by atoms with E-state index in [4.69, 9.17) is 0 Å². The van der Waals surface area contributed by atoms with Gasteiger partial charge in [0.25, 0.3) is 5.91 Å². The van der Waals surface area contributed by atoms with Crippen LogP contribution < -0.4 is 0 Å². The summed E-state index contributed by atoms with van der Waals surface area (Å²) < 4.78 is 0. The van der Waals surface area contributed by atoms with Crippen LogP contribution in [0.1, 0.15) is 52.5 Å². The Hall–Kier alpha value is -2.23. The van der Waals surface area contributed by atoms with E-state index in [0.29, 0.717) is 0 Å². The number of rotatable bonds is 2. The molecule has 1 aromatic heterocycles. The van der Waals surface area contributed by atoms with Gasteiger partial charge in [-0.05, 0) is 55.4 Å². The highest BCUT2D eigenvalue weighted by Gasteiger charge is 2.31. The number of carbonyl (C=O) groups is 1. The first kappa shape index (κ1) is 13.4. The fraction of sp³-hybridized carbons (Fsp3) is 0.389. The molecule has 0 radical (unpaired) electrons. The quantitative estimate of drug-likeness (QED) is 0.855. The highest BCUT2D eigenvalue weighted by Crippen LogP contribution is 2.32. The molecule has 0 spiro atoms. The maximum absolute atomic E-state index is 12.9. The first-order chi connectivity index (χ1) is 10.8. The lowest BCUT2D eigenvalue weighted by atomic mass is 10.0. The van der Waals surface area contributed by atoms with Crippen molar-refractivity contribution in [3.05, 3.63) is 59.2 Å². The summed E-state index contributed by atoms with van der Waals surface area (Å²) in [4.78, 5) is 23.4. The van der Waals surface area contributed by atoms with Gasteiger partial charge in [-0.1, -0.05) is 6.07 Å². The minimum absolute atomic E-state index is 0.0643. The number of hydrogen-bond donors (Lipinski definition) is 0. The number of nitrogens with zero attached hydrogens (tertiary/aromatic N) is 3. The van der Waals surface area contributed by atoms with Crippen LogP contribution >= 0.6 is 0 Å². The van der Waals surface area contributed by atoms with Gasteiger partial charge < -0.3 is 4.90 Å². The summed E-state index contributed by atoms with van der Waals surface area (Å²) in [6.45, 7) is 0.803. The van der Waals surface area contributed by atoms with E-state index >= 15 is 0 Å². The van der Waals surface area contributed by atoms with E-state index in [9.17, 15) is 4.79 Å². The normalized spacial score (nSPS) is 20.2. The maximum atomic E-state index is 12.9. The van der Waals surface area contributed by atoms with Gasteiger partial charge in [-0.25, -0.2) is 0 Å². The minimum Gasteiger partial charge on any atom is -0.330 e. The molecule has 1 amide bonds. The van der Waals surface area contributed by atoms with Crippen LogP contribution in [-0.2, 0) is 12.8 Å². The number of hydrogen-bond acceptors (Lipinski definition) is 3. The molecule has 0 saturated carbocycles. The lowest BCUT2D eigenvalue weighted by molar-refractivity contribution is 0.0732. The van der Waals surface area contributed by atoms with Crippen molar-refractivity contribution in [2.75, 3.05) is 6.54 Å². The van der Waals surface area contributed by atoms with Gasteiger partial charge in [0.15, 0.2) is 0 Å². The molecule has 4 nitrogen and oxygen atoms in total. The van der Waals surface area contributed by atoms with Crippen molar-refractivity contribution in [1.82, 2.24) is 14.9 Å². The first-order valence-corrected chi connectivity index (χ1v) is 8.01. The third-order valence-electron chi connectivity index (χ3n) is 4.78. The highest BCUT2D eigenvalue weighted by molar-refractivity contribution is 5.95. The van der Waals surface area contributed by atoms with Gasteiger partial charge in [0.1, 0.15) is 0 Å². The average molecular weight is 293 g/mol. The molecule has 4 rings (SSSR count). The molecule has 0 bridgehead atoms. The lowest BCUT2D eigenvalue weighted by Crippen LogP contribution is -2.31. The van der Waals surface area contributed by atoms with Gasteiger partial charge in [0, 0.05) is 24.5 Å². The smallest absolute Gasteiger partial charge is 0.254 e. The van der Waals surface area contributed by atoms with Gasteiger partial charge in [0.2, 0.25) is 0 Å². The fourth-order valence-corrected chi connectivity index (χ4v) is 3.67. The van der Waals surface area contributed by atoms with Crippen LogP contribution in [0.2, 0.25) is 0 Å². The molecule has 4 heteroatoms. The van der Waals surface area contributed by atoms with E-state index in [-0.39, 0.29) is 11.9 Å². The molecule has 1 saturated heterocycles. The lowest BCUT2D eigenvalue weighted by Gasteiger charge is -2.24. The molecule has 2 heterocycles. The first-order valence-electron chi connectivity index (χ1n) is 8.01. The van der Waals surface area contributed by atoms with Crippen LogP contribution in [0.5, 0.6) is 0 Å². The molecule has 1 fully saturated rings. The van der Waals surface area contributed by atoms with Crippen molar-refractivity contribution in [2.45, 2.75) is 38.1 Å². The largest absolute Gasteiger partial charge is 0.330 e. The van der Waals surface area contributed by atoms with Gasteiger partial charge in [-0.15, -0.1) is 0 Å². The average Bonchev–Trinajstić information content (AvgIpc) is 3.23. The molecule has 0 N–H and O–H groups in total. The SMILES string of the molecule is O=C(c1ccc2c(c1)CCC2)N1CCC[C@H]1c1cnccn1. The molecular weight excluding hydrogens is 274 g/mol. The molecular formula is C18H19N3O. The van der Waals surface area contributed by atoms with E-state index in [1.54, 1.807) is 18.6 Å². The summed E-state index contributed by atoms with van der Waals surface area (Å²) in [7, 11) is 0. The number of amides is 1. The second-order valence-corrected chi connectivity index (χ2v) is 6.12. The van der Waals surface area contributed by atoms with Crippen molar-refractivity contribution < 1.29 is 4.79 Å². The van der Waals surface area contributed by atoms with Crippen molar-refractivity contribution in [2.24, 2.45) is 0 Å². The zero-order valence-electron chi connectivity index (χ0n) is 12.5. The Bertz CT molecular complexity index is 699. The summed E-state index contributed by atoms with van der Waals surface area (Å²) >= 11 is 0. The number of carbonyl (C=O) groups excluding carboxylic acids is 1. The second-order valence-electron chi connectivity index (χ2n) is 6.12. The number of aromatic nitrogens is 2. The standard InChI is InChI=1S/C18H19N3O/c22-18(15-7-6-13-3-1-4-14(13)11-15)21-10-2-5-17(21)16-12-19-8-9-20-16/h6-9,11-12,17H,1-5,10H2/t17-/m0/s1. The summed E-state index contributed by atoms with van der Waals surface area (Å²) in [6, 6.07) is 6.27. The van der Waals surface area contributed by atoms with E-state index < -0.39 is 0 Å². The number of benzene rings is 1. The molecule has 1 aliphatic carbocycles. The third-order valence-corrected chi connectivity index (χ3v) is 4.78. The Balaban J connectivity index is 1.62. The molecule has 22 heavy (non-hydrogen) atoms. The number of fused-ring (bicyclic) bond motifs is 1. The van der Waals surface area contributed by atoms with Crippen LogP contribution in [0.15, 0.2) is 36.8 Å². The van der Waals surface area contributed by atoms with Gasteiger partial charge in [0.05, 0.1) is 17.9 Å². The maximum Gasteiger partial charge on any atom is 0.254 e. The fourth-order valence-electron chi connectivity index (χ4n) is 3.67. The Kier molecular flexibility index (Phi) is 3.37. The van der Waals surface area contributed by atoms with Crippen molar-refractivity contribution in [1.29, 1.82) is 0 Å². The zero-order valence-corrected chi connectivity index (χ0v) is 12.5. The van der Waals surface area contributed by atoms with Crippen molar-refractivity contribution in [3.8, 4) is 0 Å². The van der Waals surface area contributed by atoms with E-state index in [1.165, 1.54) is 17.5 Å². The summed E-state index contributed by atoms with van der Waals surface area (Å²) in [5.74, 6) is 0.128. The zero-order chi connectivity index (χ0) is 14.9. The van der Waals surface area contributed by atoms with Crippen molar-refractivity contribution in [3.63, 3.8) is 0 Å². The molecule has 2 aromatic rings. The van der Waals surface area contributed by atoms with Crippen LogP contribution in [-0.4, -0.2) is 27.3 Å². The van der Waals surface area contributed by atoms with Gasteiger partial charge in [-0.2, -0.15) is 0 Å². The second kappa shape index (κ2) is 5.52. The Morgan fingerprint density at radius 1 is 1.14 bits per heavy atom. The monoisotopic (exact) mass is 293 g/mol. The Labute approximate surface area is 130 Å². The molecule has 112 valence electrons. The molecule has 1 aromatic carbocycles. The molecule has 1 atom stereocenters. The van der Waals surface area contributed by atoms with Crippen LogP contribution in [0.4, 0.5) is 0 Å². The van der Waals surface area contributed by atoms with Gasteiger partial charge >= 0.3 is 0 Å². The van der Waals surface area contributed by atoms with Crippen molar-refractivity contribution >= 4 is 5.91 Å². The summed E-state index contributed by atoms with van der Waals surface area (Å²) in [5, 5.41) is 0. The van der Waals surface area contributed by atoms with E-state index in [0.717, 1.165) is 43.5 Å². The topological polar surface area (TPSA) is 46.1 Å². The van der Waals surface area contributed by atoms with E-state index in [1.807, 2.05) is 11.0 Å². The summed E-state index contributed by atoms with van der Waals surface area (Å²) in [5.41, 5.74) is 4.47. The predicted molar refractivity (Wildman–Crippen MR) is 83.5 cm³/mol. The van der Waals surface area contributed by atoms with Crippen LogP contribution in [0.3, 0.4) is 0 Å². The van der Waals surface area contributed by atoms with Crippen LogP contribution in [0, 0.1) is 0 Å². The number of likely N-dealkylation sites (tertiary alicyclic amines) is 1. The van der Waals surface area contributed by atoms with E-state index in [2.05, 4.69) is 22.1 Å². The minimum atomic E-state index is 0.0643. The molecule has 0 unspecified atom stereocenters. The third kappa shape index (κ3) is 2.28. The van der Waals surface area contributed by atoms with Crippen LogP contribution in [0.25, 0.3) is 0 Å². The molecule has 2 aliphatic rings. The van der Waals surface area contributed by atoms with Gasteiger partial charge in [-0.3, -0.25) is 14.8 Å². The Morgan fingerprint density at radius 2 is 2.05 bits per heavy atom. The highest BCUT2D eigenvalue weighted by atomic mass is 16.2. The Morgan fingerprint density at radius 3 is 2.91 bits per heavy atom. The summed E-state index contributed by atoms with van der Waals surface area (Å²) in [6.07, 6.45) is 10.6. The predicted octanol–water partition coefficient (Wildman–Crippen LogP) is 2.94. The molecule has 1 aliphatic heterocycles.